The zero-order chi connectivity index (χ0) is 16.4. The molecule has 0 N–H and O–H groups in total. The molecule has 0 aliphatic rings. The Hall–Kier alpha value is -2.95. The number of rotatable bonds is 4. The van der Waals surface area contributed by atoms with Gasteiger partial charge in [-0.15, -0.1) is 0 Å². The summed E-state index contributed by atoms with van der Waals surface area (Å²) in [7, 11) is 1.90. The van der Waals surface area contributed by atoms with Gasteiger partial charge in [0.1, 0.15) is 0 Å². The molecule has 0 bridgehead atoms. The van der Waals surface area contributed by atoms with E-state index in [1.165, 1.54) is 0 Å². The number of aryl methyl sites for hydroxylation is 2. The second kappa shape index (κ2) is 6.04. The lowest BCUT2D eigenvalue weighted by Crippen LogP contribution is -1.96. The molecule has 2 heterocycles. The largest absolute Gasteiger partial charge is 0.306 e. The third-order valence-electron chi connectivity index (χ3n) is 3.92. The number of allylic oxidation sites excluding steroid dienone is 1. The Balaban J connectivity index is 1.79. The first-order chi connectivity index (χ1) is 11.1. The maximum Gasteiger partial charge on any atom is 0.185 e. The van der Waals surface area contributed by atoms with Crippen LogP contribution in [0.25, 0.3) is 11.8 Å². The lowest BCUT2D eigenvalue weighted by molar-refractivity contribution is 0.104. The molecule has 0 unspecified atom stereocenters. The average Bonchev–Trinajstić information content (AvgIpc) is 3.16. The molecule has 0 saturated carbocycles. The van der Waals surface area contributed by atoms with Gasteiger partial charge in [-0.25, -0.2) is 4.98 Å². The Morgan fingerprint density at radius 2 is 1.91 bits per heavy atom. The van der Waals surface area contributed by atoms with Crippen LogP contribution in [0.2, 0.25) is 0 Å². The predicted molar refractivity (Wildman–Crippen MR) is 89.6 cm³/mol. The number of imidazole rings is 1. The summed E-state index contributed by atoms with van der Waals surface area (Å²) in [6, 6.07) is 7.46. The monoisotopic (exact) mass is 306 g/mol. The van der Waals surface area contributed by atoms with Crippen LogP contribution in [0.5, 0.6) is 0 Å². The van der Waals surface area contributed by atoms with Crippen LogP contribution in [-0.4, -0.2) is 25.1 Å². The summed E-state index contributed by atoms with van der Waals surface area (Å²) in [5, 5.41) is 4.35. The number of carbonyl (C=O) groups is 1. The van der Waals surface area contributed by atoms with E-state index < -0.39 is 0 Å². The number of nitrogens with zero attached hydrogens (tertiary/aromatic N) is 4. The molecular formula is C18H18N4O. The Morgan fingerprint density at radius 1 is 1.17 bits per heavy atom. The molecule has 1 aromatic carbocycles. The highest BCUT2D eigenvalue weighted by atomic mass is 16.1. The zero-order valence-electron chi connectivity index (χ0n) is 13.4. The molecule has 0 atom stereocenters. The summed E-state index contributed by atoms with van der Waals surface area (Å²) >= 11 is 0. The molecule has 0 spiro atoms. The van der Waals surface area contributed by atoms with Crippen LogP contribution in [-0.2, 0) is 7.05 Å². The molecule has 3 rings (SSSR count). The summed E-state index contributed by atoms with van der Waals surface area (Å²) in [5.41, 5.74) is 4.59. The Labute approximate surface area is 134 Å². The lowest BCUT2D eigenvalue weighted by Gasteiger charge is -2.02. The number of hydrogen-bond acceptors (Lipinski definition) is 3. The van der Waals surface area contributed by atoms with E-state index in [4.69, 9.17) is 0 Å². The van der Waals surface area contributed by atoms with E-state index >= 15 is 0 Å². The van der Waals surface area contributed by atoms with Crippen molar-refractivity contribution in [3.05, 3.63) is 71.6 Å². The average molecular weight is 306 g/mol. The second-order valence-corrected chi connectivity index (χ2v) is 5.42. The summed E-state index contributed by atoms with van der Waals surface area (Å²) in [5.74, 6) is -0.0233. The molecule has 0 aliphatic carbocycles. The minimum atomic E-state index is -0.0233. The van der Waals surface area contributed by atoms with Crippen molar-refractivity contribution in [2.75, 3.05) is 0 Å². The molecule has 3 aromatic rings. The molecule has 116 valence electrons. The normalized spacial score (nSPS) is 11.3. The van der Waals surface area contributed by atoms with Gasteiger partial charge in [0.2, 0.25) is 0 Å². The molecule has 0 fully saturated rings. The first kappa shape index (κ1) is 15.0. The van der Waals surface area contributed by atoms with Crippen molar-refractivity contribution < 1.29 is 4.79 Å². The van der Waals surface area contributed by atoms with Crippen LogP contribution in [0, 0.1) is 13.8 Å². The third kappa shape index (κ3) is 2.99. The van der Waals surface area contributed by atoms with Crippen LogP contribution < -0.4 is 0 Å². The molecule has 0 radical (unpaired) electrons. The Kier molecular flexibility index (Phi) is 3.93. The maximum atomic E-state index is 12.3. The predicted octanol–water partition coefficient (Wildman–Crippen LogP) is 3.12. The minimum absolute atomic E-state index is 0.0233. The number of aromatic nitrogens is 4. The summed E-state index contributed by atoms with van der Waals surface area (Å²) in [4.78, 5) is 16.3. The van der Waals surface area contributed by atoms with Crippen molar-refractivity contribution in [3.63, 3.8) is 0 Å². The van der Waals surface area contributed by atoms with Gasteiger partial charge in [-0.3, -0.25) is 9.48 Å². The van der Waals surface area contributed by atoms with Gasteiger partial charge in [-0.05, 0) is 50.3 Å². The van der Waals surface area contributed by atoms with Gasteiger partial charge in [-0.2, -0.15) is 5.10 Å². The van der Waals surface area contributed by atoms with Gasteiger partial charge in [0.05, 0.1) is 12.0 Å². The molecule has 0 aliphatic heterocycles. The second-order valence-electron chi connectivity index (χ2n) is 5.42. The molecule has 23 heavy (non-hydrogen) atoms. The first-order valence-corrected chi connectivity index (χ1v) is 7.37. The standard InChI is InChI=1S/C18H18N4O/c1-13-17(14(2)21(3)20-13)8-9-18(23)15-4-6-16(7-5-15)22-11-10-19-12-22/h4-12H,1-3H3/b9-8+. The van der Waals surface area contributed by atoms with Crippen LogP contribution >= 0.6 is 0 Å². The Bertz CT molecular complexity index is 855. The minimum Gasteiger partial charge on any atom is -0.306 e. The molecule has 5 nitrogen and oxygen atoms in total. The highest BCUT2D eigenvalue weighted by Gasteiger charge is 2.07. The van der Waals surface area contributed by atoms with Gasteiger partial charge in [0.25, 0.3) is 0 Å². The van der Waals surface area contributed by atoms with Crippen molar-refractivity contribution in [2.45, 2.75) is 13.8 Å². The van der Waals surface area contributed by atoms with Crippen molar-refractivity contribution in [3.8, 4) is 5.69 Å². The quantitative estimate of drug-likeness (QED) is 0.550. The fourth-order valence-electron chi connectivity index (χ4n) is 2.50. The van der Waals surface area contributed by atoms with Gasteiger partial charge in [0, 0.05) is 41.9 Å². The number of ketones is 1. The molecule has 2 aromatic heterocycles. The summed E-state index contributed by atoms with van der Waals surface area (Å²) in [6.45, 7) is 3.93. The highest BCUT2D eigenvalue weighted by Crippen LogP contribution is 2.15. The summed E-state index contributed by atoms with van der Waals surface area (Å²) in [6.07, 6.45) is 8.75. The van der Waals surface area contributed by atoms with Gasteiger partial charge in [0.15, 0.2) is 5.78 Å². The van der Waals surface area contributed by atoms with Crippen molar-refractivity contribution in [1.29, 1.82) is 0 Å². The first-order valence-electron chi connectivity index (χ1n) is 7.37. The van der Waals surface area contributed by atoms with E-state index in [0.29, 0.717) is 5.56 Å². The SMILES string of the molecule is Cc1nn(C)c(C)c1/C=C/C(=O)c1ccc(-n2ccnc2)cc1. The molecule has 0 saturated heterocycles. The molecular weight excluding hydrogens is 288 g/mol. The van der Waals surface area contributed by atoms with Crippen molar-refractivity contribution in [1.82, 2.24) is 19.3 Å². The van der Waals surface area contributed by atoms with Crippen LogP contribution in [0.1, 0.15) is 27.3 Å². The fourth-order valence-corrected chi connectivity index (χ4v) is 2.50. The van der Waals surface area contributed by atoms with Gasteiger partial charge in [-0.1, -0.05) is 0 Å². The maximum absolute atomic E-state index is 12.3. The molecule has 5 heteroatoms. The van der Waals surface area contributed by atoms with Gasteiger partial charge < -0.3 is 4.57 Å². The summed E-state index contributed by atoms with van der Waals surface area (Å²) < 4.78 is 3.71. The van der Waals surface area contributed by atoms with E-state index in [2.05, 4.69) is 10.1 Å². The van der Waals surface area contributed by atoms with Crippen LogP contribution in [0.4, 0.5) is 0 Å². The van der Waals surface area contributed by atoms with Crippen molar-refractivity contribution in [2.24, 2.45) is 7.05 Å². The van der Waals surface area contributed by atoms with Gasteiger partial charge >= 0.3 is 0 Å². The van der Waals surface area contributed by atoms with E-state index in [0.717, 1.165) is 22.6 Å². The van der Waals surface area contributed by atoms with Crippen LogP contribution in [0.3, 0.4) is 0 Å². The number of hydrogen-bond donors (Lipinski definition) is 0. The smallest absolute Gasteiger partial charge is 0.185 e. The third-order valence-corrected chi connectivity index (χ3v) is 3.92. The van der Waals surface area contributed by atoms with E-state index in [-0.39, 0.29) is 5.78 Å². The van der Waals surface area contributed by atoms with Crippen molar-refractivity contribution >= 4 is 11.9 Å². The number of carbonyl (C=O) groups excluding carboxylic acids is 1. The lowest BCUT2D eigenvalue weighted by atomic mass is 10.1. The van der Waals surface area contributed by atoms with E-state index in [1.807, 2.05) is 66.7 Å². The highest BCUT2D eigenvalue weighted by molar-refractivity contribution is 6.07. The Morgan fingerprint density at radius 3 is 2.48 bits per heavy atom. The number of benzene rings is 1. The topological polar surface area (TPSA) is 52.7 Å². The van der Waals surface area contributed by atoms with E-state index in [1.54, 1.807) is 18.6 Å². The zero-order valence-corrected chi connectivity index (χ0v) is 13.4. The molecule has 0 amide bonds. The fraction of sp³-hybridized carbons (Fsp3) is 0.167. The van der Waals surface area contributed by atoms with Crippen LogP contribution in [0.15, 0.2) is 49.1 Å². The van der Waals surface area contributed by atoms with E-state index in [9.17, 15) is 4.79 Å².